The van der Waals surface area contributed by atoms with E-state index in [2.05, 4.69) is 22.2 Å². The molecule has 4 nitrogen and oxygen atoms in total. The van der Waals surface area contributed by atoms with Crippen molar-refractivity contribution in [3.63, 3.8) is 0 Å². The maximum Gasteiger partial charge on any atom is 0.0628 e. The number of hydrogen-bond acceptors (Lipinski definition) is 4. The van der Waals surface area contributed by atoms with E-state index in [1.54, 1.807) is 0 Å². The number of nitrogens with one attached hydrogen (secondary N) is 1. The second-order valence-electron chi connectivity index (χ2n) is 8.08. The molecule has 2 bridgehead atoms. The molecule has 4 heteroatoms. The molecule has 21 heavy (non-hydrogen) atoms. The fourth-order valence-corrected chi connectivity index (χ4v) is 4.71. The number of likely N-dealkylation sites (N-methyl/N-ethyl adjacent to an activating group) is 1. The van der Waals surface area contributed by atoms with Crippen molar-refractivity contribution in [3.8, 4) is 0 Å². The third-order valence-corrected chi connectivity index (χ3v) is 6.45. The molecule has 3 atom stereocenters. The quantitative estimate of drug-likeness (QED) is 0.768. The Balaban J connectivity index is 1.44. The lowest BCUT2D eigenvalue weighted by Crippen LogP contribution is -2.59. The van der Waals surface area contributed by atoms with Crippen LogP contribution >= 0.6 is 0 Å². The van der Waals surface area contributed by atoms with Crippen LogP contribution in [0.25, 0.3) is 0 Å². The molecule has 4 aliphatic rings. The molecular weight excluding hydrogens is 262 g/mol. The Morgan fingerprint density at radius 3 is 2.48 bits per heavy atom. The number of hydrogen-bond donors (Lipinski definition) is 2. The number of aliphatic hydroxyl groups excluding tert-OH is 1. The third-order valence-electron chi connectivity index (χ3n) is 6.45. The summed E-state index contributed by atoms with van der Waals surface area (Å²) in [7, 11) is 2.31. The van der Waals surface area contributed by atoms with E-state index < -0.39 is 0 Å². The van der Waals surface area contributed by atoms with E-state index in [1.807, 2.05) is 0 Å². The molecule has 3 unspecified atom stereocenters. The van der Waals surface area contributed by atoms with Crippen molar-refractivity contribution in [1.82, 2.24) is 15.1 Å². The van der Waals surface area contributed by atoms with Gasteiger partial charge < -0.3 is 10.4 Å². The maximum atomic E-state index is 10.1. The molecule has 2 N–H and O–H groups in total. The maximum absolute atomic E-state index is 10.1. The summed E-state index contributed by atoms with van der Waals surface area (Å²) in [4.78, 5) is 5.27. The van der Waals surface area contributed by atoms with Gasteiger partial charge in [0.05, 0.1) is 12.1 Å². The Bertz CT molecular complexity index is 382. The summed E-state index contributed by atoms with van der Waals surface area (Å²) in [6.07, 6.45) is 9.29. The largest absolute Gasteiger partial charge is 0.394 e. The van der Waals surface area contributed by atoms with Gasteiger partial charge in [0, 0.05) is 31.2 Å². The molecule has 2 aliphatic heterocycles. The highest BCUT2D eigenvalue weighted by atomic mass is 16.3. The number of nitrogens with zero attached hydrogens (tertiary/aromatic N) is 2. The van der Waals surface area contributed by atoms with Gasteiger partial charge in [0.2, 0.25) is 0 Å². The minimum atomic E-state index is -0.0106. The summed E-state index contributed by atoms with van der Waals surface area (Å²) in [6, 6.07) is 2.23. The van der Waals surface area contributed by atoms with Crippen LogP contribution in [0.3, 0.4) is 0 Å². The lowest BCUT2D eigenvalue weighted by atomic mass is 9.92. The van der Waals surface area contributed by atoms with Crippen LogP contribution in [-0.2, 0) is 0 Å². The van der Waals surface area contributed by atoms with Crippen LogP contribution in [-0.4, -0.2) is 71.9 Å². The summed E-state index contributed by atoms with van der Waals surface area (Å²) in [6.45, 7) is 3.79. The zero-order valence-corrected chi connectivity index (χ0v) is 13.4. The van der Waals surface area contributed by atoms with E-state index in [9.17, 15) is 5.11 Å². The molecular formula is C17H31N3O. The minimum Gasteiger partial charge on any atom is -0.394 e. The molecule has 0 aromatic carbocycles. The van der Waals surface area contributed by atoms with E-state index in [4.69, 9.17) is 0 Å². The average Bonchev–Trinajstić information content (AvgIpc) is 3.34. The third kappa shape index (κ3) is 2.88. The molecule has 2 aliphatic carbocycles. The van der Waals surface area contributed by atoms with Crippen LogP contribution in [0.2, 0.25) is 0 Å². The summed E-state index contributed by atoms with van der Waals surface area (Å²) in [5, 5.41) is 14.0. The number of fused-ring (bicyclic) bond motifs is 2. The highest BCUT2D eigenvalue weighted by molar-refractivity contribution is 5.07. The molecule has 0 radical (unpaired) electrons. The predicted molar refractivity (Wildman–Crippen MR) is 84.3 cm³/mol. The van der Waals surface area contributed by atoms with Gasteiger partial charge in [-0.15, -0.1) is 0 Å². The summed E-state index contributed by atoms with van der Waals surface area (Å²) in [5.74, 6) is 0.710. The van der Waals surface area contributed by atoms with E-state index in [-0.39, 0.29) is 5.54 Å². The van der Waals surface area contributed by atoms with Gasteiger partial charge in [-0.1, -0.05) is 0 Å². The predicted octanol–water partition coefficient (Wildman–Crippen LogP) is 1.05. The van der Waals surface area contributed by atoms with E-state index in [0.717, 1.165) is 18.6 Å². The minimum absolute atomic E-state index is 0.0106. The number of aliphatic hydroxyl groups is 1. The van der Waals surface area contributed by atoms with Crippen molar-refractivity contribution in [2.24, 2.45) is 5.92 Å². The van der Waals surface area contributed by atoms with Crippen molar-refractivity contribution in [1.29, 1.82) is 0 Å². The normalized spacial score (nSPS) is 37.4. The fraction of sp³-hybridized carbons (Fsp3) is 1.00. The molecule has 2 saturated carbocycles. The molecule has 2 heterocycles. The molecule has 0 aromatic heterocycles. The summed E-state index contributed by atoms with van der Waals surface area (Å²) < 4.78 is 0. The molecule has 120 valence electrons. The first-order valence-corrected chi connectivity index (χ1v) is 9.03. The Kier molecular flexibility index (Phi) is 3.77. The van der Waals surface area contributed by atoms with Gasteiger partial charge in [-0.25, -0.2) is 0 Å². The highest BCUT2D eigenvalue weighted by Gasteiger charge is 2.48. The number of likely N-dealkylation sites (tertiary alicyclic amines) is 1. The van der Waals surface area contributed by atoms with Gasteiger partial charge in [0.15, 0.2) is 0 Å². The highest BCUT2D eigenvalue weighted by Crippen LogP contribution is 2.42. The monoisotopic (exact) mass is 293 g/mol. The van der Waals surface area contributed by atoms with Crippen molar-refractivity contribution in [2.45, 2.75) is 68.6 Å². The summed E-state index contributed by atoms with van der Waals surface area (Å²) >= 11 is 0. The Morgan fingerprint density at radius 2 is 1.81 bits per heavy atom. The van der Waals surface area contributed by atoms with Crippen LogP contribution in [0.4, 0.5) is 0 Å². The van der Waals surface area contributed by atoms with Gasteiger partial charge in [-0.2, -0.15) is 0 Å². The second kappa shape index (κ2) is 5.48. The van der Waals surface area contributed by atoms with E-state index >= 15 is 0 Å². The van der Waals surface area contributed by atoms with E-state index in [1.165, 1.54) is 58.0 Å². The molecule has 0 amide bonds. The first-order valence-electron chi connectivity index (χ1n) is 9.03. The molecule has 2 saturated heterocycles. The Labute approximate surface area is 128 Å². The molecule has 0 aromatic rings. The van der Waals surface area contributed by atoms with Gasteiger partial charge in [0.25, 0.3) is 0 Å². The van der Waals surface area contributed by atoms with Crippen LogP contribution in [0.5, 0.6) is 0 Å². The Hall–Kier alpha value is -0.160. The Morgan fingerprint density at radius 1 is 1.05 bits per heavy atom. The first-order chi connectivity index (χ1) is 10.2. The van der Waals surface area contributed by atoms with Crippen LogP contribution in [0.1, 0.15) is 44.9 Å². The zero-order valence-electron chi connectivity index (χ0n) is 13.4. The second-order valence-corrected chi connectivity index (χ2v) is 8.08. The molecule has 4 rings (SSSR count). The van der Waals surface area contributed by atoms with Gasteiger partial charge in [-0.3, -0.25) is 9.80 Å². The molecule has 0 spiro atoms. The topological polar surface area (TPSA) is 38.7 Å². The van der Waals surface area contributed by atoms with Gasteiger partial charge >= 0.3 is 0 Å². The van der Waals surface area contributed by atoms with Crippen molar-refractivity contribution in [3.05, 3.63) is 0 Å². The van der Waals surface area contributed by atoms with Crippen molar-refractivity contribution in [2.75, 3.05) is 33.3 Å². The molecule has 4 fully saturated rings. The van der Waals surface area contributed by atoms with E-state index in [0.29, 0.717) is 18.6 Å². The van der Waals surface area contributed by atoms with Crippen molar-refractivity contribution < 1.29 is 5.11 Å². The lowest BCUT2D eigenvalue weighted by molar-refractivity contribution is 0.0842. The van der Waals surface area contributed by atoms with Crippen LogP contribution in [0, 0.1) is 5.92 Å². The zero-order chi connectivity index (χ0) is 14.4. The van der Waals surface area contributed by atoms with Crippen LogP contribution in [0.15, 0.2) is 0 Å². The van der Waals surface area contributed by atoms with Gasteiger partial charge in [0.1, 0.15) is 0 Å². The lowest BCUT2D eigenvalue weighted by Gasteiger charge is -2.39. The average molecular weight is 293 g/mol. The number of rotatable bonds is 6. The van der Waals surface area contributed by atoms with Crippen LogP contribution < -0.4 is 5.32 Å². The fourth-order valence-electron chi connectivity index (χ4n) is 4.71. The van der Waals surface area contributed by atoms with Crippen molar-refractivity contribution >= 4 is 0 Å². The standard InChI is InChI=1S/C17H31N3O/c1-19-15-6-7-16(19)10-20(9-8-15)11-17(12-21,13-2-3-13)18-14-4-5-14/h13-16,18,21H,2-12H2,1H3. The summed E-state index contributed by atoms with van der Waals surface area (Å²) in [5.41, 5.74) is -0.0106. The smallest absolute Gasteiger partial charge is 0.0628 e. The SMILES string of the molecule is CN1C2CCC1CN(CC(CO)(NC1CC1)C1CC1)CC2. The first kappa shape index (κ1) is 14.4. The van der Waals surface area contributed by atoms with Gasteiger partial charge in [-0.05, 0) is 64.5 Å².